The lowest BCUT2D eigenvalue weighted by molar-refractivity contribution is 0.327. The van der Waals surface area contributed by atoms with Crippen molar-refractivity contribution in [3.05, 3.63) is 47.8 Å². The molecule has 0 unspecified atom stereocenters. The van der Waals surface area contributed by atoms with Gasteiger partial charge in [0.1, 0.15) is 11.5 Å². The number of nitrogens with zero attached hydrogens (tertiary/aromatic N) is 5. The highest BCUT2D eigenvalue weighted by Gasteiger charge is 2.20. The number of rotatable bonds is 16. The molecule has 4 heterocycles. The van der Waals surface area contributed by atoms with Crippen LogP contribution in [0.15, 0.2) is 36.7 Å². The Labute approximate surface area is 270 Å². The van der Waals surface area contributed by atoms with E-state index in [1.165, 1.54) is 0 Å². The van der Waals surface area contributed by atoms with Gasteiger partial charge in [0.25, 0.3) is 0 Å². The van der Waals surface area contributed by atoms with Crippen molar-refractivity contribution in [3.8, 4) is 42.8 Å². The zero-order chi connectivity index (χ0) is 31.8. The number of anilines is 2. The van der Waals surface area contributed by atoms with Crippen molar-refractivity contribution in [1.82, 2.24) is 14.9 Å². The molecule has 0 radical (unpaired) electrons. The van der Waals surface area contributed by atoms with E-state index in [1.54, 1.807) is 51.1 Å². The van der Waals surface area contributed by atoms with Crippen molar-refractivity contribution in [2.75, 3.05) is 85.6 Å². The molecular weight excluding hydrogens is 595 g/mol. The topological polar surface area (TPSA) is 72.4 Å². The smallest absolute Gasteiger partial charge is 0.180 e. The maximum atomic E-state index is 5.63. The van der Waals surface area contributed by atoms with Crippen LogP contribution in [0.4, 0.5) is 11.4 Å². The van der Waals surface area contributed by atoms with E-state index in [4.69, 9.17) is 28.9 Å². The van der Waals surface area contributed by atoms with Crippen molar-refractivity contribution in [2.24, 2.45) is 0 Å². The van der Waals surface area contributed by atoms with Gasteiger partial charge in [-0.2, -0.15) is 0 Å². The zero-order valence-corrected chi connectivity index (χ0v) is 29.0. The average molecular weight is 640 g/mol. The van der Waals surface area contributed by atoms with Gasteiger partial charge in [0.05, 0.1) is 73.3 Å². The monoisotopic (exact) mass is 639 g/mol. The van der Waals surface area contributed by atoms with Crippen LogP contribution < -0.4 is 28.7 Å². The van der Waals surface area contributed by atoms with E-state index in [0.29, 0.717) is 0 Å². The van der Waals surface area contributed by atoms with E-state index in [0.717, 1.165) is 104 Å². The number of hydrogen-bond donors (Lipinski definition) is 0. The fourth-order valence-electron chi connectivity index (χ4n) is 5.19. The van der Waals surface area contributed by atoms with Gasteiger partial charge in [-0.1, -0.05) is 22.7 Å². The van der Waals surface area contributed by atoms with Crippen molar-refractivity contribution in [2.45, 2.75) is 26.7 Å². The molecule has 4 aromatic rings. The van der Waals surface area contributed by atoms with E-state index in [2.05, 4.69) is 60.1 Å². The van der Waals surface area contributed by atoms with Gasteiger partial charge in [-0.05, 0) is 71.1 Å². The van der Waals surface area contributed by atoms with Crippen molar-refractivity contribution in [1.29, 1.82) is 0 Å². The summed E-state index contributed by atoms with van der Waals surface area (Å²) in [4.78, 5) is 18.4. The second-order valence-electron chi connectivity index (χ2n) is 10.8. The minimum Gasteiger partial charge on any atom is -0.495 e. The van der Waals surface area contributed by atoms with Crippen molar-refractivity contribution < 1.29 is 18.9 Å². The highest BCUT2D eigenvalue weighted by molar-refractivity contribution is 7.18. The van der Waals surface area contributed by atoms with Crippen molar-refractivity contribution >= 4 is 34.0 Å². The van der Waals surface area contributed by atoms with Crippen molar-refractivity contribution in [3.63, 3.8) is 0 Å². The van der Waals surface area contributed by atoms with Crippen LogP contribution in [0.3, 0.4) is 0 Å². The Bertz CT molecular complexity index is 1380. The van der Waals surface area contributed by atoms with Crippen LogP contribution in [-0.4, -0.2) is 90.6 Å². The van der Waals surface area contributed by atoms with E-state index in [-0.39, 0.29) is 0 Å². The third-order valence-corrected chi connectivity index (χ3v) is 10.3. The van der Waals surface area contributed by atoms with E-state index >= 15 is 0 Å². The molecule has 0 N–H and O–H groups in total. The number of pyridine rings is 2. The fraction of sp³-hybridized carbons (Fsp3) is 0.455. The summed E-state index contributed by atoms with van der Waals surface area (Å²) in [6.07, 6.45) is 6.02. The van der Waals surface area contributed by atoms with Gasteiger partial charge in [0.2, 0.25) is 0 Å². The molecule has 0 saturated carbocycles. The first kappa shape index (κ1) is 33.4. The minimum atomic E-state index is 0.830. The maximum Gasteiger partial charge on any atom is 0.180 e. The summed E-state index contributed by atoms with van der Waals surface area (Å²) in [5.74, 6) is 1.66. The molecule has 0 aliphatic rings. The predicted molar refractivity (Wildman–Crippen MR) is 184 cm³/mol. The van der Waals surface area contributed by atoms with Gasteiger partial charge in [0.15, 0.2) is 10.1 Å². The number of aromatic nitrogens is 2. The zero-order valence-electron chi connectivity index (χ0n) is 27.4. The van der Waals surface area contributed by atoms with E-state index in [1.807, 2.05) is 26.2 Å². The van der Waals surface area contributed by atoms with Gasteiger partial charge in [-0.15, -0.1) is 0 Å². The number of methoxy groups -OCH3 is 4. The summed E-state index contributed by atoms with van der Waals surface area (Å²) < 4.78 is 22.2. The van der Waals surface area contributed by atoms with Gasteiger partial charge in [-0.25, -0.2) is 0 Å². The molecule has 4 rings (SSSR count). The first-order valence-corrected chi connectivity index (χ1v) is 16.3. The summed E-state index contributed by atoms with van der Waals surface area (Å²) in [7, 11) is 13.2. The molecule has 0 aliphatic carbocycles. The second-order valence-corrected chi connectivity index (χ2v) is 12.8. The Hall–Kier alpha value is -3.54. The molecule has 0 atom stereocenters. The molecule has 0 aliphatic heterocycles. The van der Waals surface area contributed by atoms with Crippen LogP contribution in [0, 0.1) is 13.8 Å². The molecule has 0 spiro atoms. The van der Waals surface area contributed by atoms with Crippen LogP contribution in [0.25, 0.3) is 21.1 Å². The molecule has 44 heavy (non-hydrogen) atoms. The summed E-state index contributed by atoms with van der Waals surface area (Å²) in [6.45, 7) is 8.00. The Kier molecular flexibility index (Phi) is 11.7. The van der Waals surface area contributed by atoms with E-state index in [9.17, 15) is 0 Å². The SMILES string of the molecule is COc1sc(-c2ccc(N(C)CCCN(C)CCCN(C)c3ccc(-c4sc(OC)c(C)c4OC)nc3)cn2)c(OC)c1C. The van der Waals surface area contributed by atoms with Crippen LogP contribution in [0.2, 0.25) is 0 Å². The lowest BCUT2D eigenvalue weighted by atomic mass is 10.2. The molecule has 0 saturated heterocycles. The van der Waals surface area contributed by atoms with Gasteiger partial charge < -0.3 is 33.6 Å². The molecule has 0 bridgehead atoms. The quantitative estimate of drug-likeness (QED) is 0.131. The maximum absolute atomic E-state index is 5.63. The van der Waals surface area contributed by atoms with Gasteiger partial charge in [-0.3, -0.25) is 9.97 Å². The first-order valence-electron chi connectivity index (χ1n) is 14.7. The largest absolute Gasteiger partial charge is 0.495 e. The number of ether oxygens (including phenoxy) is 4. The highest BCUT2D eigenvalue weighted by Crippen LogP contribution is 2.47. The molecule has 9 nitrogen and oxygen atoms in total. The Morgan fingerprint density at radius 2 is 1.00 bits per heavy atom. The Morgan fingerprint density at radius 1 is 0.591 bits per heavy atom. The normalized spacial score (nSPS) is 11.1. The lowest BCUT2D eigenvalue weighted by Gasteiger charge is -2.23. The third-order valence-electron chi connectivity index (χ3n) is 7.78. The summed E-state index contributed by atoms with van der Waals surface area (Å²) in [5, 5.41) is 1.71. The standard InChI is InChI=1S/C33H45N5O4S2/c1-22-28(39-6)30(43-32(22)41-8)26-14-12-24(20-34-26)37(4)18-10-16-36(3)17-11-19-38(5)25-13-15-27(35-21-25)31-29(40-7)23(2)33(42-9)44-31/h12-15,20-21H,10-11,16-19H2,1-9H3. The lowest BCUT2D eigenvalue weighted by Crippen LogP contribution is -2.28. The molecular formula is C33H45N5O4S2. The highest BCUT2D eigenvalue weighted by atomic mass is 32.1. The van der Waals surface area contributed by atoms with Crippen LogP contribution in [-0.2, 0) is 0 Å². The second kappa shape index (κ2) is 15.5. The molecule has 0 aromatic carbocycles. The predicted octanol–water partition coefficient (Wildman–Crippen LogP) is 6.87. The van der Waals surface area contributed by atoms with Crippen LogP contribution >= 0.6 is 22.7 Å². The Balaban J connectivity index is 1.20. The first-order chi connectivity index (χ1) is 21.2. The summed E-state index contributed by atoms with van der Waals surface area (Å²) in [6, 6.07) is 8.36. The summed E-state index contributed by atoms with van der Waals surface area (Å²) in [5.41, 5.74) is 6.00. The van der Waals surface area contributed by atoms with E-state index < -0.39 is 0 Å². The molecule has 0 amide bonds. The Morgan fingerprint density at radius 3 is 1.32 bits per heavy atom. The number of thiophene rings is 2. The van der Waals surface area contributed by atoms with Crippen LogP contribution in [0.5, 0.6) is 21.6 Å². The molecule has 238 valence electrons. The average Bonchev–Trinajstić information content (AvgIpc) is 3.55. The number of hydrogen-bond acceptors (Lipinski definition) is 11. The summed E-state index contributed by atoms with van der Waals surface area (Å²) >= 11 is 3.12. The third kappa shape index (κ3) is 7.57. The molecule has 0 fully saturated rings. The van der Waals surface area contributed by atoms with Crippen LogP contribution in [0.1, 0.15) is 24.0 Å². The fourth-order valence-corrected chi connectivity index (χ4v) is 7.33. The molecule has 4 aromatic heterocycles. The van der Waals surface area contributed by atoms with Gasteiger partial charge >= 0.3 is 0 Å². The molecule has 11 heteroatoms. The minimum absolute atomic E-state index is 0.830. The van der Waals surface area contributed by atoms with Gasteiger partial charge in [0, 0.05) is 38.3 Å².